The second kappa shape index (κ2) is 10.2. The number of hydrogen-bond acceptors (Lipinski definition) is 5. The number of ether oxygens (including phenoxy) is 2. The number of hydrogen-bond donors (Lipinski definition) is 2. The van der Waals surface area contributed by atoms with Crippen LogP contribution >= 0.6 is 0 Å². The van der Waals surface area contributed by atoms with E-state index in [0.29, 0.717) is 18.9 Å². The minimum Gasteiger partial charge on any atom is -0.465 e. The summed E-state index contributed by atoms with van der Waals surface area (Å²) >= 11 is 0. The van der Waals surface area contributed by atoms with Crippen LogP contribution in [0.4, 0.5) is 23.7 Å². The van der Waals surface area contributed by atoms with E-state index < -0.39 is 29.4 Å². The van der Waals surface area contributed by atoms with Crippen molar-refractivity contribution in [3.05, 3.63) is 29.3 Å². The average molecular weight is 444 g/mol. The second-order valence-corrected chi connectivity index (χ2v) is 8.83. The monoisotopic (exact) mass is 444 g/mol. The SMILES string of the molecule is COC(=O)c1ccc(C(F)(F)F)c(NCC[C@H]2CC[C@H](NC(=O)OC(C)(C)C)CC2)c1. The summed E-state index contributed by atoms with van der Waals surface area (Å²) in [7, 11) is 1.18. The van der Waals surface area contributed by atoms with Crippen molar-refractivity contribution >= 4 is 17.7 Å². The molecule has 1 aromatic carbocycles. The van der Waals surface area contributed by atoms with Gasteiger partial charge in [0.1, 0.15) is 5.60 Å². The van der Waals surface area contributed by atoms with Crippen molar-refractivity contribution in [3.63, 3.8) is 0 Å². The predicted octanol–water partition coefficient (Wildman–Crippen LogP) is 5.38. The van der Waals surface area contributed by atoms with Crippen molar-refractivity contribution in [2.45, 2.75) is 70.7 Å². The van der Waals surface area contributed by atoms with E-state index in [0.717, 1.165) is 37.8 Å². The van der Waals surface area contributed by atoms with Crippen LogP contribution in [0.5, 0.6) is 0 Å². The van der Waals surface area contributed by atoms with E-state index in [1.165, 1.54) is 13.2 Å². The van der Waals surface area contributed by atoms with Crippen molar-refractivity contribution in [2.24, 2.45) is 5.92 Å². The summed E-state index contributed by atoms with van der Waals surface area (Å²) in [5, 5.41) is 5.72. The molecule has 0 bridgehead atoms. The number of carbonyl (C=O) groups excluding carboxylic acids is 2. The molecule has 0 spiro atoms. The molecule has 0 atom stereocenters. The molecule has 1 aliphatic rings. The maximum absolute atomic E-state index is 13.3. The Hall–Kier alpha value is -2.45. The zero-order chi connectivity index (χ0) is 23.2. The van der Waals surface area contributed by atoms with Gasteiger partial charge in [0.05, 0.1) is 18.2 Å². The Kier molecular flexibility index (Phi) is 8.20. The molecule has 0 radical (unpaired) electrons. The molecule has 9 heteroatoms. The standard InChI is InChI=1S/C22H31F3N2O4/c1-21(2,3)31-20(29)27-16-8-5-14(6-9-16)11-12-26-18-13-15(19(28)30-4)7-10-17(18)22(23,24)25/h7,10,13-14,16,26H,5-6,8-9,11-12H2,1-4H3,(H,27,29)/t14-,16-. The van der Waals surface area contributed by atoms with E-state index in [4.69, 9.17) is 4.74 Å². The maximum Gasteiger partial charge on any atom is 0.418 e. The summed E-state index contributed by atoms with van der Waals surface area (Å²) in [5.41, 5.74) is -1.43. The van der Waals surface area contributed by atoms with Crippen LogP contribution < -0.4 is 10.6 Å². The Morgan fingerprint density at radius 3 is 2.29 bits per heavy atom. The number of benzene rings is 1. The number of nitrogens with one attached hydrogen (secondary N) is 2. The molecule has 1 amide bonds. The Bertz CT molecular complexity index is 767. The fourth-order valence-corrected chi connectivity index (χ4v) is 3.66. The van der Waals surface area contributed by atoms with Gasteiger partial charge in [-0.25, -0.2) is 9.59 Å². The third-order valence-electron chi connectivity index (χ3n) is 5.18. The first-order valence-electron chi connectivity index (χ1n) is 10.4. The molecule has 1 saturated carbocycles. The first-order valence-corrected chi connectivity index (χ1v) is 10.4. The average Bonchev–Trinajstić information content (AvgIpc) is 2.66. The molecular formula is C22H31F3N2O4. The zero-order valence-corrected chi connectivity index (χ0v) is 18.4. The summed E-state index contributed by atoms with van der Waals surface area (Å²) in [5.74, 6) is -0.338. The number of rotatable bonds is 6. The number of halogens is 3. The Balaban J connectivity index is 1.86. The third kappa shape index (κ3) is 7.95. The van der Waals surface area contributed by atoms with Crippen LogP contribution in [0.3, 0.4) is 0 Å². The molecule has 0 unspecified atom stereocenters. The van der Waals surface area contributed by atoms with Crippen LogP contribution in [0.2, 0.25) is 0 Å². The molecule has 31 heavy (non-hydrogen) atoms. The van der Waals surface area contributed by atoms with Gasteiger partial charge in [0.15, 0.2) is 0 Å². The van der Waals surface area contributed by atoms with Crippen molar-refractivity contribution in [1.29, 1.82) is 0 Å². The van der Waals surface area contributed by atoms with Gasteiger partial charge in [-0.3, -0.25) is 0 Å². The van der Waals surface area contributed by atoms with Crippen LogP contribution in [0.25, 0.3) is 0 Å². The van der Waals surface area contributed by atoms with Crippen molar-refractivity contribution < 1.29 is 32.2 Å². The highest BCUT2D eigenvalue weighted by molar-refractivity contribution is 5.90. The van der Waals surface area contributed by atoms with Gasteiger partial charge < -0.3 is 20.1 Å². The Labute approximate surface area is 180 Å². The Morgan fingerprint density at radius 2 is 1.74 bits per heavy atom. The van der Waals surface area contributed by atoms with Crippen molar-refractivity contribution in [2.75, 3.05) is 19.0 Å². The molecule has 1 aliphatic carbocycles. The quantitative estimate of drug-likeness (QED) is 0.577. The smallest absolute Gasteiger partial charge is 0.418 e. The molecule has 2 N–H and O–H groups in total. The fourth-order valence-electron chi connectivity index (χ4n) is 3.66. The molecule has 0 aliphatic heterocycles. The fraction of sp³-hybridized carbons (Fsp3) is 0.636. The van der Waals surface area contributed by atoms with Crippen LogP contribution in [-0.2, 0) is 15.7 Å². The number of alkyl halides is 3. The third-order valence-corrected chi connectivity index (χ3v) is 5.18. The zero-order valence-electron chi connectivity index (χ0n) is 18.4. The van der Waals surface area contributed by atoms with Crippen molar-refractivity contribution in [1.82, 2.24) is 5.32 Å². The molecule has 0 aromatic heterocycles. The molecule has 174 valence electrons. The molecule has 2 rings (SSSR count). The topological polar surface area (TPSA) is 76.7 Å². The minimum atomic E-state index is -4.53. The number of esters is 1. The number of anilines is 1. The highest BCUT2D eigenvalue weighted by Crippen LogP contribution is 2.36. The maximum atomic E-state index is 13.3. The van der Waals surface area contributed by atoms with Gasteiger partial charge >= 0.3 is 18.2 Å². The highest BCUT2D eigenvalue weighted by atomic mass is 19.4. The molecule has 1 aromatic rings. The van der Waals surface area contributed by atoms with Gasteiger partial charge in [-0.05, 0) is 77.0 Å². The summed E-state index contributed by atoms with van der Waals surface area (Å²) < 4.78 is 49.7. The first-order chi connectivity index (χ1) is 14.4. The van der Waals surface area contributed by atoms with E-state index in [1.807, 2.05) is 20.8 Å². The summed E-state index contributed by atoms with van der Waals surface area (Å²) in [6.45, 7) is 5.77. The molecule has 1 fully saturated rings. The number of methoxy groups -OCH3 is 1. The molecule has 6 nitrogen and oxygen atoms in total. The van der Waals surface area contributed by atoms with Gasteiger partial charge in [-0.15, -0.1) is 0 Å². The van der Waals surface area contributed by atoms with E-state index in [1.54, 1.807) is 0 Å². The Morgan fingerprint density at radius 1 is 1.10 bits per heavy atom. The van der Waals surface area contributed by atoms with Crippen LogP contribution in [0.15, 0.2) is 18.2 Å². The lowest BCUT2D eigenvalue weighted by atomic mass is 9.84. The van der Waals surface area contributed by atoms with E-state index >= 15 is 0 Å². The number of alkyl carbamates (subject to hydrolysis) is 1. The second-order valence-electron chi connectivity index (χ2n) is 8.83. The van der Waals surface area contributed by atoms with Gasteiger partial charge in [0.25, 0.3) is 0 Å². The van der Waals surface area contributed by atoms with Crippen LogP contribution in [-0.4, -0.2) is 37.4 Å². The lowest BCUT2D eigenvalue weighted by molar-refractivity contribution is -0.137. The summed E-state index contributed by atoms with van der Waals surface area (Å²) in [6.07, 6.45) is -0.915. The summed E-state index contributed by atoms with van der Waals surface area (Å²) in [6, 6.07) is 3.23. The van der Waals surface area contributed by atoms with E-state index in [2.05, 4.69) is 15.4 Å². The lowest BCUT2D eigenvalue weighted by Gasteiger charge is -2.30. The van der Waals surface area contributed by atoms with Gasteiger partial charge in [0.2, 0.25) is 0 Å². The van der Waals surface area contributed by atoms with E-state index in [-0.39, 0.29) is 17.3 Å². The van der Waals surface area contributed by atoms with Crippen molar-refractivity contribution in [3.8, 4) is 0 Å². The first kappa shape index (κ1) is 24.8. The predicted molar refractivity (Wildman–Crippen MR) is 111 cm³/mol. The summed E-state index contributed by atoms with van der Waals surface area (Å²) in [4.78, 5) is 23.5. The van der Waals surface area contributed by atoms with Gasteiger partial charge in [0, 0.05) is 18.3 Å². The van der Waals surface area contributed by atoms with Crippen LogP contribution in [0.1, 0.15) is 68.8 Å². The molecular weight excluding hydrogens is 413 g/mol. The van der Waals surface area contributed by atoms with Crippen LogP contribution in [0, 0.1) is 5.92 Å². The molecule has 0 saturated heterocycles. The van der Waals surface area contributed by atoms with E-state index in [9.17, 15) is 22.8 Å². The lowest BCUT2D eigenvalue weighted by Crippen LogP contribution is -2.41. The number of carbonyl (C=O) groups is 2. The largest absolute Gasteiger partial charge is 0.465 e. The van der Waals surface area contributed by atoms with Gasteiger partial charge in [-0.1, -0.05) is 0 Å². The minimum absolute atomic E-state index is 0.0487. The number of amides is 1. The normalized spacial score (nSPS) is 19.5. The molecule has 0 heterocycles. The van der Waals surface area contributed by atoms with Gasteiger partial charge in [-0.2, -0.15) is 13.2 Å². The highest BCUT2D eigenvalue weighted by Gasteiger charge is 2.34.